The molecule has 0 saturated heterocycles. The zero-order valence-electron chi connectivity index (χ0n) is 10.7. The number of anilines is 1. The second-order valence-electron chi connectivity index (χ2n) is 3.97. The summed E-state index contributed by atoms with van der Waals surface area (Å²) in [5, 5.41) is 17.8. The van der Waals surface area contributed by atoms with Crippen LogP contribution in [0.2, 0.25) is 0 Å². The van der Waals surface area contributed by atoms with Crippen molar-refractivity contribution < 1.29 is 4.79 Å². The molecule has 0 unspecified atom stereocenters. The first kappa shape index (κ1) is 13.0. The van der Waals surface area contributed by atoms with Crippen molar-refractivity contribution in [3.8, 4) is 0 Å². The molecule has 2 aromatic heterocycles. The second kappa shape index (κ2) is 5.48. The van der Waals surface area contributed by atoms with Gasteiger partial charge in [-0.25, -0.2) is 9.67 Å². The number of nitrogens with two attached hydrogens (primary N) is 1. The fraction of sp³-hybridized carbons (Fsp3) is 0.400. The van der Waals surface area contributed by atoms with Gasteiger partial charge in [-0.05, 0) is 13.8 Å². The van der Waals surface area contributed by atoms with E-state index in [1.54, 1.807) is 20.0 Å². The molecule has 0 aromatic carbocycles. The average molecular weight is 262 g/mol. The van der Waals surface area contributed by atoms with Crippen molar-refractivity contribution in [1.29, 1.82) is 0 Å². The van der Waals surface area contributed by atoms with Crippen molar-refractivity contribution in [2.24, 2.45) is 5.73 Å². The first-order valence-corrected chi connectivity index (χ1v) is 5.65. The molecule has 0 aliphatic carbocycles. The number of rotatable bonds is 4. The molecule has 100 valence electrons. The third kappa shape index (κ3) is 3.28. The van der Waals surface area contributed by atoms with E-state index in [0.717, 1.165) is 11.4 Å². The summed E-state index contributed by atoms with van der Waals surface area (Å²) in [6.45, 7) is 3.89. The minimum absolute atomic E-state index is 0.0171. The molecule has 0 aliphatic rings. The smallest absolute Gasteiger partial charge is 0.249 e. The molecule has 9 nitrogen and oxygen atoms in total. The van der Waals surface area contributed by atoms with Crippen molar-refractivity contribution in [1.82, 2.24) is 30.2 Å². The summed E-state index contributed by atoms with van der Waals surface area (Å²) < 4.78 is 1.39. The quantitative estimate of drug-likeness (QED) is 0.737. The Kier molecular flexibility index (Phi) is 3.76. The number of amides is 1. The standard InChI is InChI=1S/C10H14N8O/c1-6-7(2)14-16-10(12-6)13-9(19)5-18-4-8(3-11)15-17-18/h4H,3,5,11H2,1-2H3,(H,12,13,16,19). The number of aromatic nitrogens is 6. The molecule has 1 amide bonds. The summed E-state index contributed by atoms with van der Waals surface area (Å²) in [6.07, 6.45) is 1.61. The number of nitrogens with one attached hydrogen (secondary N) is 1. The van der Waals surface area contributed by atoms with Crippen LogP contribution in [0.25, 0.3) is 0 Å². The highest BCUT2D eigenvalue weighted by atomic mass is 16.2. The molecule has 0 fully saturated rings. The lowest BCUT2D eigenvalue weighted by molar-refractivity contribution is -0.117. The van der Waals surface area contributed by atoms with Crippen LogP contribution >= 0.6 is 0 Å². The van der Waals surface area contributed by atoms with E-state index in [1.807, 2.05) is 0 Å². The Morgan fingerprint density at radius 2 is 2.11 bits per heavy atom. The van der Waals surface area contributed by atoms with E-state index in [9.17, 15) is 4.79 Å². The second-order valence-corrected chi connectivity index (χ2v) is 3.97. The van der Waals surface area contributed by atoms with Crippen LogP contribution in [0, 0.1) is 13.8 Å². The van der Waals surface area contributed by atoms with Crippen LogP contribution in [-0.4, -0.2) is 36.1 Å². The summed E-state index contributed by atoms with van der Waals surface area (Å²) in [4.78, 5) is 15.8. The summed E-state index contributed by atoms with van der Waals surface area (Å²) in [6, 6.07) is 0. The number of hydrogen-bond acceptors (Lipinski definition) is 7. The largest absolute Gasteiger partial charge is 0.325 e. The molecule has 0 saturated carbocycles. The third-order valence-corrected chi connectivity index (χ3v) is 2.44. The van der Waals surface area contributed by atoms with Gasteiger partial charge < -0.3 is 5.73 Å². The highest BCUT2D eigenvalue weighted by Gasteiger charge is 2.08. The molecular weight excluding hydrogens is 248 g/mol. The zero-order chi connectivity index (χ0) is 13.8. The molecule has 3 N–H and O–H groups in total. The van der Waals surface area contributed by atoms with Gasteiger partial charge in [-0.1, -0.05) is 5.21 Å². The van der Waals surface area contributed by atoms with Crippen molar-refractivity contribution in [3.05, 3.63) is 23.3 Å². The van der Waals surface area contributed by atoms with Crippen molar-refractivity contribution in [2.75, 3.05) is 5.32 Å². The number of hydrogen-bond donors (Lipinski definition) is 2. The summed E-state index contributed by atoms with van der Waals surface area (Å²) >= 11 is 0. The summed E-state index contributed by atoms with van der Waals surface area (Å²) in [5.74, 6) is -0.134. The van der Waals surface area contributed by atoms with Crippen LogP contribution in [0.15, 0.2) is 6.20 Å². The highest BCUT2D eigenvalue weighted by Crippen LogP contribution is 2.02. The van der Waals surface area contributed by atoms with Gasteiger partial charge in [0.2, 0.25) is 11.9 Å². The molecule has 2 aromatic rings. The lowest BCUT2D eigenvalue weighted by Gasteiger charge is -2.04. The Labute approximate surface area is 109 Å². The van der Waals surface area contributed by atoms with E-state index in [0.29, 0.717) is 5.69 Å². The van der Waals surface area contributed by atoms with Crippen LogP contribution in [0.4, 0.5) is 5.95 Å². The lowest BCUT2D eigenvalue weighted by atomic mass is 10.4. The first-order chi connectivity index (χ1) is 9.08. The molecule has 0 radical (unpaired) electrons. The molecule has 0 spiro atoms. The Morgan fingerprint density at radius 3 is 2.74 bits per heavy atom. The molecule has 19 heavy (non-hydrogen) atoms. The molecular formula is C10H14N8O. The van der Waals surface area contributed by atoms with Gasteiger partial charge >= 0.3 is 0 Å². The van der Waals surface area contributed by atoms with Gasteiger partial charge in [0, 0.05) is 6.54 Å². The van der Waals surface area contributed by atoms with E-state index >= 15 is 0 Å². The van der Waals surface area contributed by atoms with Gasteiger partial charge in [0.1, 0.15) is 6.54 Å². The van der Waals surface area contributed by atoms with E-state index in [1.165, 1.54) is 4.68 Å². The topological polar surface area (TPSA) is 124 Å². The number of carbonyl (C=O) groups is 1. The van der Waals surface area contributed by atoms with E-state index in [-0.39, 0.29) is 24.9 Å². The fourth-order valence-corrected chi connectivity index (χ4v) is 1.33. The maximum Gasteiger partial charge on any atom is 0.249 e. The van der Waals surface area contributed by atoms with Crippen molar-refractivity contribution >= 4 is 11.9 Å². The minimum atomic E-state index is -0.307. The van der Waals surface area contributed by atoms with Gasteiger partial charge in [0.25, 0.3) is 0 Å². The third-order valence-electron chi connectivity index (χ3n) is 2.44. The highest BCUT2D eigenvalue weighted by molar-refractivity contribution is 5.88. The van der Waals surface area contributed by atoms with Crippen LogP contribution in [0.5, 0.6) is 0 Å². The number of nitrogens with zero attached hydrogens (tertiary/aromatic N) is 6. The van der Waals surface area contributed by atoms with Crippen LogP contribution in [0.1, 0.15) is 17.1 Å². The Balaban J connectivity index is 1.98. The summed E-state index contributed by atoms with van der Waals surface area (Å²) in [5.41, 5.74) is 7.47. The predicted molar refractivity (Wildman–Crippen MR) is 65.8 cm³/mol. The van der Waals surface area contributed by atoms with E-state index in [4.69, 9.17) is 5.73 Å². The monoisotopic (exact) mass is 262 g/mol. The molecule has 0 bridgehead atoms. The van der Waals surface area contributed by atoms with Gasteiger partial charge in [-0.15, -0.1) is 10.2 Å². The zero-order valence-corrected chi connectivity index (χ0v) is 10.7. The fourth-order valence-electron chi connectivity index (χ4n) is 1.33. The molecule has 9 heteroatoms. The van der Waals surface area contributed by atoms with Crippen molar-refractivity contribution in [2.45, 2.75) is 26.9 Å². The minimum Gasteiger partial charge on any atom is -0.325 e. The van der Waals surface area contributed by atoms with Crippen LogP contribution in [-0.2, 0) is 17.9 Å². The van der Waals surface area contributed by atoms with Gasteiger partial charge in [-0.3, -0.25) is 10.1 Å². The van der Waals surface area contributed by atoms with Crippen LogP contribution < -0.4 is 11.1 Å². The Morgan fingerprint density at radius 1 is 1.32 bits per heavy atom. The first-order valence-electron chi connectivity index (χ1n) is 5.65. The van der Waals surface area contributed by atoms with Gasteiger partial charge in [0.05, 0.1) is 23.3 Å². The predicted octanol–water partition coefficient (Wildman–Crippen LogP) is -0.823. The van der Waals surface area contributed by atoms with Crippen molar-refractivity contribution in [3.63, 3.8) is 0 Å². The van der Waals surface area contributed by atoms with Crippen LogP contribution in [0.3, 0.4) is 0 Å². The van der Waals surface area contributed by atoms with Gasteiger partial charge in [-0.2, -0.15) is 5.10 Å². The van der Waals surface area contributed by atoms with E-state index in [2.05, 4.69) is 30.8 Å². The molecule has 0 atom stereocenters. The van der Waals surface area contributed by atoms with Gasteiger partial charge in [0.15, 0.2) is 0 Å². The van der Waals surface area contributed by atoms with E-state index < -0.39 is 0 Å². The lowest BCUT2D eigenvalue weighted by Crippen LogP contribution is -2.21. The number of carbonyl (C=O) groups excluding carboxylic acids is 1. The molecule has 2 rings (SSSR count). The summed E-state index contributed by atoms with van der Waals surface area (Å²) in [7, 11) is 0. The average Bonchev–Trinajstić information content (AvgIpc) is 2.81. The molecule has 2 heterocycles. The normalized spacial score (nSPS) is 10.5. The SMILES string of the molecule is Cc1nnc(NC(=O)Cn2cc(CN)nn2)nc1C. The Hall–Kier alpha value is -2.42. The Bertz CT molecular complexity index is 593. The molecule has 0 aliphatic heterocycles. The maximum absolute atomic E-state index is 11.7. The maximum atomic E-state index is 11.7. The number of aryl methyl sites for hydroxylation is 2.